The van der Waals surface area contributed by atoms with E-state index in [2.05, 4.69) is 21.2 Å². The van der Waals surface area contributed by atoms with Crippen LogP contribution in [-0.4, -0.2) is 25.9 Å². The normalized spacial score (nSPS) is 11.7. The Kier molecular flexibility index (Phi) is 5.68. The average Bonchev–Trinajstić information content (AvgIpc) is 2.23. The second-order valence-corrected chi connectivity index (χ2v) is 4.60. The fraction of sp³-hybridized carbons (Fsp3) is 0.400. The van der Waals surface area contributed by atoms with Gasteiger partial charge in [0.15, 0.2) is 0 Å². The topological polar surface area (TPSA) is 21.3 Å². The zero-order valence-corrected chi connectivity index (χ0v) is 11.3. The van der Waals surface area contributed by atoms with Crippen molar-refractivity contribution >= 4 is 27.5 Å². The molecule has 0 heterocycles. The lowest BCUT2D eigenvalue weighted by molar-refractivity contribution is -0.124. The number of hydrogen-bond acceptors (Lipinski definition) is 2. The molecular formula is C10H9BrClF4NO. The Morgan fingerprint density at radius 1 is 1.33 bits per heavy atom. The Bertz CT molecular complexity index is 414. The Morgan fingerprint density at radius 2 is 2.00 bits per heavy atom. The minimum absolute atomic E-state index is 0.00377. The van der Waals surface area contributed by atoms with E-state index in [1.807, 2.05) is 0 Å². The van der Waals surface area contributed by atoms with E-state index in [-0.39, 0.29) is 23.9 Å². The van der Waals surface area contributed by atoms with Crippen LogP contribution in [0.4, 0.5) is 17.6 Å². The van der Waals surface area contributed by atoms with Crippen molar-refractivity contribution in [2.45, 2.75) is 6.18 Å². The number of benzene rings is 1. The van der Waals surface area contributed by atoms with Crippen LogP contribution in [0.3, 0.4) is 0 Å². The second-order valence-electron chi connectivity index (χ2n) is 3.34. The lowest BCUT2D eigenvalue weighted by Crippen LogP contribution is -2.31. The maximum Gasteiger partial charge on any atom is 0.401 e. The van der Waals surface area contributed by atoms with Crippen molar-refractivity contribution in [1.29, 1.82) is 0 Å². The minimum atomic E-state index is -4.26. The highest BCUT2D eigenvalue weighted by molar-refractivity contribution is 9.10. The van der Waals surface area contributed by atoms with Crippen LogP contribution < -0.4 is 10.1 Å². The summed E-state index contributed by atoms with van der Waals surface area (Å²) < 4.78 is 54.0. The molecule has 0 radical (unpaired) electrons. The Labute approximate surface area is 114 Å². The van der Waals surface area contributed by atoms with Crippen molar-refractivity contribution in [2.75, 3.05) is 19.7 Å². The molecule has 0 saturated heterocycles. The van der Waals surface area contributed by atoms with E-state index in [4.69, 9.17) is 16.3 Å². The first-order chi connectivity index (χ1) is 8.29. The Morgan fingerprint density at radius 3 is 2.61 bits per heavy atom. The third-order valence-electron chi connectivity index (χ3n) is 1.84. The standard InChI is InChI=1S/C10H9BrClF4NO/c11-6-3-7(12)8(13)4-9(6)18-2-1-17-5-10(14,15)16/h3-4,17H,1-2,5H2. The minimum Gasteiger partial charge on any atom is -0.491 e. The zero-order chi connectivity index (χ0) is 13.8. The van der Waals surface area contributed by atoms with Gasteiger partial charge in [0.05, 0.1) is 16.0 Å². The summed E-state index contributed by atoms with van der Waals surface area (Å²) in [5, 5.41) is 2.09. The molecule has 0 aliphatic heterocycles. The van der Waals surface area contributed by atoms with Gasteiger partial charge in [-0.15, -0.1) is 0 Å². The van der Waals surface area contributed by atoms with Gasteiger partial charge in [0.1, 0.15) is 18.2 Å². The van der Waals surface area contributed by atoms with E-state index < -0.39 is 18.5 Å². The van der Waals surface area contributed by atoms with Crippen molar-refractivity contribution < 1.29 is 22.3 Å². The molecule has 0 saturated carbocycles. The summed E-state index contributed by atoms with van der Waals surface area (Å²) in [5.41, 5.74) is 0. The molecule has 8 heteroatoms. The predicted octanol–water partition coefficient (Wildman–Crippen LogP) is 3.77. The van der Waals surface area contributed by atoms with E-state index in [0.29, 0.717) is 4.47 Å². The first kappa shape index (κ1) is 15.5. The molecule has 1 aromatic carbocycles. The average molecular weight is 351 g/mol. The number of rotatable bonds is 5. The van der Waals surface area contributed by atoms with E-state index in [1.54, 1.807) is 0 Å². The van der Waals surface area contributed by atoms with Crippen molar-refractivity contribution in [1.82, 2.24) is 5.32 Å². The van der Waals surface area contributed by atoms with Gasteiger partial charge in [0, 0.05) is 12.6 Å². The highest BCUT2D eigenvalue weighted by Crippen LogP contribution is 2.30. The highest BCUT2D eigenvalue weighted by Gasteiger charge is 2.25. The molecule has 0 fully saturated rings. The van der Waals surface area contributed by atoms with E-state index in [0.717, 1.165) is 6.07 Å². The lowest BCUT2D eigenvalue weighted by atomic mass is 10.3. The number of ether oxygens (including phenoxy) is 1. The van der Waals surface area contributed by atoms with E-state index in [1.165, 1.54) is 6.07 Å². The summed E-state index contributed by atoms with van der Waals surface area (Å²) in [6.07, 6.45) is -4.26. The summed E-state index contributed by atoms with van der Waals surface area (Å²) in [6.45, 7) is -1.11. The van der Waals surface area contributed by atoms with Gasteiger partial charge in [-0.2, -0.15) is 13.2 Å². The first-order valence-electron chi connectivity index (χ1n) is 4.84. The van der Waals surface area contributed by atoms with Crippen molar-refractivity contribution in [3.8, 4) is 5.75 Å². The zero-order valence-electron chi connectivity index (χ0n) is 8.95. The van der Waals surface area contributed by atoms with Gasteiger partial charge in [0.2, 0.25) is 0 Å². The molecule has 0 aliphatic rings. The smallest absolute Gasteiger partial charge is 0.401 e. The molecule has 0 amide bonds. The summed E-state index contributed by atoms with van der Waals surface area (Å²) in [6, 6.07) is 2.38. The molecule has 0 atom stereocenters. The van der Waals surface area contributed by atoms with Gasteiger partial charge < -0.3 is 10.1 Å². The van der Waals surface area contributed by atoms with Crippen LogP contribution in [-0.2, 0) is 0 Å². The number of hydrogen-bond donors (Lipinski definition) is 1. The van der Waals surface area contributed by atoms with Crippen LogP contribution in [0.5, 0.6) is 5.75 Å². The molecule has 0 aromatic heterocycles. The number of halogens is 6. The third kappa shape index (κ3) is 5.41. The van der Waals surface area contributed by atoms with Crippen molar-refractivity contribution in [2.24, 2.45) is 0 Å². The van der Waals surface area contributed by atoms with Gasteiger partial charge in [0.25, 0.3) is 0 Å². The summed E-state index contributed by atoms with van der Waals surface area (Å²) in [5.74, 6) is -0.469. The second kappa shape index (κ2) is 6.58. The van der Waals surface area contributed by atoms with Crippen LogP contribution in [0.1, 0.15) is 0 Å². The van der Waals surface area contributed by atoms with Gasteiger partial charge in [-0.05, 0) is 22.0 Å². The third-order valence-corrected chi connectivity index (χ3v) is 2.75. The van der Waals surface area contributed by atoms with Crippen molar-refractivity contribution in [3.05, 3.63) is 27.4 Å². The van der Waals surface area contributed by atoms with E-state index >= 15 is 0 Å². The first-order valence-corrected chi connectivity index (χ1v) is 6.01. The van der Waals surface area contributed by atoms with Crippen molar-refractivity contribution in [3.63, 3.8) is 0 Å². The lowest BCUT2D eigenvalue weighted by Gasteiger charge is -2.11. The van der Waals surface area contributed by atoms with Gasteiger partial charge >= 0.3 is 6.18 Å². The Hall–Kier alpha value is -0.530. The number of nitrogens with one attached hydrogen (secondary N) is 1. The predicted molar refractivity (Wildman–Crippen MR) is 63.5 cm³/mol. The monoisotopic (exact) mass is 349 g/mol. The maximum atomic E-state index is 13.1. The van der Waals surface area contributed by atoms with Gasteiger partial charge in [-0.3, -0.25) is 0 Å². The quantitative estimate of drug-likeness (QED) is 0.496. The van der Waals surface area contributed by atoms with Crippen LogP contribution >= 0.6 is 27.5 Å². The molecule has 1 N–H and O–H groups in total. The summed E-state index contributed by atoms with van der Waals surface area (Å²) >= 11 is 8.63. The fourth-order valence-corrected chi connectivity index (χ4v) is 1.83. The fourth-order valence-electron chi connectivity index (χ4n) is 1.08. The Balaban J connectivity index is 2.38. The molecule has 0 spiro atoms. The molecule has 1 rings (SSSR count). The molecule has 18 heavy (non-hydrogen) atoms. The van der Waals surface area contributed by atoms with Crippen LogP contribution in [0.25, 0.3) is 0 Å². The SMILES string of the molecule is Fc1cc(OCCNCC(F)(F)F)c(Br)cc1Cl. The number of alkyl halides is 3. The molecule has 0 unspecified atom stereocenters. The molecule has 102 valence electrons. The largest absolute Gasteiger partial charge is 0.491 e. The molecule has 0 bridgehead atoms. The molecule has 1 aromatic rings. The maximum absolute atomic E-state index is 13.1. The van der Waals surface area contributed by atoms with Crippen LogP contribution in [0.2, 0.25) is 5.02 Å². The van der Waals surface area contributed by atoms with Gasteiger partial charge in [-0.1, -0.05) is 11.6 Å². The van der Waals surface area contributed by atoms with Crippen LogP contribution in [0.15, 0.2) is 16.6 Å². The molecule has 0 aliphatic carbocycles. The van der Waals surface area contributed by atoms with E-state index in [9.17, 15) is 17.6 Å². The highest BCUT2D eigenvalue weighted by atomic mass is 79.9. The summed E-state index contributed by atoms with van der Waals surface area (Å²) in [7, 11) is 0. The van der Waals surface area contributed by atoms with Gasteiger partial charge in [-0.25, -0.2) is 4.39 Å². The summed E-state index contributed by atoms with van der Waals surface area (Å²) in [4.78, 5) is 0. The molecule has 2 nitrogen and oxygen atoms in total. The van der Waals surface area contributed by atoms with Crippen LogP contribution in [0, 0.1) is 5.82 Å². The molecular weight excluding hydrogens is 341 g/mol.